The van der Waals surface area contributed by atoms with E-state index in [1.54, 1.807) is 0 Å². The van der Waals surface area contributed by atoms with Crippen LogP contribution < -0.4 is 10.6 Å². The average molecular weight is 405 g/mol. The van der Waals surface area contributed by atoms with Gasteiger partial charge in [0.25, 0.3) is 0 Å². The van der Waals surface area contributed by atoms with Gasteiger partial charge in [-0.15, -0.1) is 0 Å². The van der Waals surface area contributed by atoms with Gasteiger partial charge in [0.2, 0.25) is 17.8 Å². The minimum atomic E-state index is -4.59. The van der Waals surface area contributed by atoms with Gasteiger partial charge in [0.1, 0.15) is 11.4 Å². The Morgan fingerprint density at radius 3 is 2.38 bits per heavy atom. The predicted molar refractivity (Wildman–Crippen MR) is 96.8 cm³/mol. The van der Waals surface area contributed by atoms with Crippen molar-refractivity contribution in [2.45, 2.75) is 31.5 Å². The molecule has 0 atom stereocenters. The van der Waals surface area contributed by atoms with E-state index < -0.39 is 17.8 Å². The molecule has 0 bridgehead atoms. The molecule has 7 nitrogen and oxygen atoms in total. The molecule has 2 N–H and O–H groups in total. The molecule has 1 aliphatic carbocycles. The molecule has 1 fully saturated rings. The van der Waals surface area contributed by atoms with Crippen LogP contribution in [0.4, 0.5) is 35.1 Å². The van der Waals surface area contributed by atoms with Crippen molar-refractivity contribution in [3.8, 4) is 11.5 Å². The van der Waals surface area contributed by atoms with Crippen molar-refractivity contribution in [3.63, 3.8) is 0 Å². The minimum Gasteiger partial charge on any atom is -0.351 e. The van der Waals surface area contributed by atoms with Crippen LogP contribution in [0.5, 0.6) is 0 Å². The number of anilines is 3. The number of aromatic nitrogens is 5. The van der Waals surface area contributed by atoms with E-state index in [4.69, 9.17) is 0 Å². The number of alkyl halides is 3. The fourth-order valence-electron chi connectivity index (χ4n) is 2.64. The van der Waals surface area contributed by atoms with Crippen molar-refractivity contribution in [1.82, 2.24) is 24.9 Å². The minimum absolute atomic E-state index is 0.0227. The molecule has 29 heavy (non-hydrogen) atoms. The molecular formula is C18H15F4N7. The number of nitrogens with zero attached hydrogens (tertiary/aromatic N) is 5. The number of nitrogens with one attached hydrogen (secondary N) is 2. The monoisotopic (exact) mass is 405 g/mol. The van der Waals surface area contributed by atoms with Gasteiger partial charge in [0.05, 0.1) is 11.9 Å². The van der Waals surface area contributed by atoms with Crippen molar-refractivity contribution >= 4 is 17.6 Å². The van der Waals surface area contributed by atoms with E-state index in [9.17, 15) is 17.6 Å². The second-order valence-electron chi connectivity index (χ2n) is 6.48. The molecule has 0 aliphatic heterocycles. The normalized spacial score (nSPS) is 14.3. The van der Waals surface area contributed by atoms with E-state index in [1.807, 2.05) is 0 Å². The van der Waals surface area contributed by atoms with Crippen LogP contribution in [0.3, 0.4) is 0 Å². The standard InChI is InChI=1S/C18H15F4N7/c19-14-8-7-11(9-23-14)25-17-28-15(27-16(29-17)24-10-3-1-4-10)12-5-2-6-13(26-12)18(20,21)22/h2,5-10H,1,3-4H2,(H2,24,25,27,28,29). The molecule has 150 valence electrons. The molecule has 0 aromatic carbocycles. The second-order valence-corrected chi connectivity index (χ2v) is 6.48. The van der Waals surface area contributed by atoms with Gasteiger partial charge in [-0.25, -0.2) is 9.97 Å². The van der Waals surface area contributed by atoms with Gasteiger partial charge in [-0.3, -0.25) is 0 Å². The largest absolute Gasteiger partial charge is 0.433 e. The third kappa shape index (κ3) is 4.55. The summed E-state index contributed by atoms with van der Waals surface area (Å²) in [5, 5.41) is 6.00. The van der Waals surface area contributed by atoms with Crippen molar-refractivity contribution in [1.29, 1.82) is 0 Å². The smallest absolute Gasteiger partial charge is 0.351 e. The van der Waals surface area contributed by atoms with E-state index in [0.717, 1.165) is 31.4 Å². The van der Waals surface area contributed by atoms with Crippen LogP contribution in [0.1, 0.15) is 25.0 Å². The molecule has 1 saturated carbocycles. The molecule has 0 unspecified atom stereocenters. The molecular weight excluding hydrogens is 390 g/mol. The summed E-state index contributed by atoms with van der Waals surface area (Å²) in [7, 11) is 0. The molecule has 3 aromatic rings. The Balaban J connectivity index is 1.70. The Kier molecular flexibility index (Phi) is 4.95. The molecule has 0 saturated heterocycles. The van der Waals surface area contributed by atoms with Gasteiger partial charge in [0.15, 0.2) is 5.82 Å². The van der Waals surface area contributed by atoms with Crippen LogP contribution in [0.2, 0.25) is 0 Å². The molecule has 3 aromatic heterocycles. The van der Waals surface area contributed by atoms with E-state index in [0.29, 0.717) is 5.69 Å². The quantitative estimate of drug-likeness (QED) is 0.486. The lowest BCUT2D eigenvalue weighted by Gasteiger charge is -2.26. The van der Waals surface area contributed by atoms with Gasteiger partial charge >= 0.3 is 6.18 Å². The summed E-state index contributed by atoms with van der Waals surface area (Å²) in [4.78, 5) is 19.8. The second kappa shape index (κ2) is 7.57. The Bertz CT molecular complexity index is 1000. The predicted octanol–water partition coefficient (Wildman–Crippen LogP) is 4.19. The van der Waals surface area contributed by atoms with Crippen LogP contribution in [0.15, 0.2) is 36.5 Å². The summed E-state index contributed by atoms with van der Waals surface area (Å²) in [6.45, 7) is 0. The molecule has 3 heterocycles. The molecule has 1 aliphatic rings. The molecule has 0 amide bonds. The maximum absolute atomic E-state index is 13.0. The lowest BCUT2D eigenvalue weighted by molar-refractivity contribution is -0.141. The lowest BCUT2D eigenvalue weighted by Crippen LogP contribution is -2.28. The highest BCUT2D eigenvalue weighted by molar-refractivity contribution is 5.58. The maximum atomic E-state index is 13.0. The SMILES string of the molecule is Fc1ccc(Nc2nc(NC3CCC3)nc(-c3cccc(C(F)(F)F)n3)n2)cn1. The Hall–Kier alpha value is -3.37. The summed E-state index contributed by atoms with van der Waals surface area (Å²) in [6.07, 6.45) is -0.352. The summed E-state index contributed by atoms with van der Waals surface area (Å²) in [5.41, 5.74) is -0.671. The fraction of sp³-hybridized carbons (Fsp3) is 0.278. The van der Waals surface area contributed by atoms with E-state index in [-0.39, 0.29) is 29.5 Å². The maximum Gasteiger partial charge on any atom is 0.433 e. The summed E-state index contributed by atoms with van der Waals surface area (Å²) in [5.74, 6) is -0.376. The average Bonchev–Trinajstić information content (AvgIpc) is 2.66. The zero-order chi connectivity index (χ0) is 20.4. The van der Waals surface area contributed by atoms with Gasteiger partial charge in [-0.05, 0) is 43.5 Å². The number of hydrogen-bond donors (Lipinski definition) is 2. The highest BCUT2D eigenvalue weighted by Crippen LogP contribution is 2.29. The molecule has 0 radical (unpaired) electrons. The third-order valence-corrected chi connectivity index (χ3v) is 4.33. The van der Waals surface area contributed by atoms with Crippen LogP contribution in [-0.4, -0.2) is 31.0 Å². The van der Waals surface area contributed by atoms with Crippen molar-refractivity contribution in [2.24, 2.45) is 0 Å². The molecule has 4 rings (SSSR count). The highest BCUT2D eigenvalue weighted by Gasteiger charge is 2.32. The van der Waals surface area contributed by atoms with E-state index >= 15 is 0 Å². The van der Waals surface area contributed by atoms with Crippen molar-refractivity contribution in [3.05, 3.63) is 48.2 Å². The van der Waals surface area contributed by atoms with Gasteiger partial charge in [-0.2, -0.15) is 32.5 Å². The lowest BCUT2D eigenvalue weighted by atomic mass is 9.93. The van der Waals surface area contributed by atoms with E-state index in [2.05, 4.69) is 35.6 Å². The topological polar surface area (TPSA) is 88.5 Å². The third-order valence-electron chi connectivity index (χ3n) is 4.33. The van der Waals surface area contributed by atoms with Crippen LogP contribution in [0, 0.1) is 5.95 Å². The van der Waals surface area contributed by atoms with Crippen LogP contribution >= 0.6 is 0 Å². The van der Waals surface area contributed by atoms with Crippen molar-refractivity contribution < 1.29 is 17.6 Å². The number of hydrogen-bond acceptors (Lipinski definition) is 7. The first-order chi connectivity index (χ1) is 13.9. The fourth-order valence-corrected chi connectivity index (χ4v) is 2.64. The first-order valence-corrected chi connectivity index (χ1v) is 8.83. The Labute approximate surface area is 162 Å². The first-order valence-electron chi connectivity index (χ1n) is 8.83. The molecule has 0 spiro atoms. The zero-order valence-electron chi connectivity index (χ0n) is 14.9. The van der Waals surface area contributed by atoms with Gasteiger partial charge < -0.3 is 10.6 Å². The zero-order valence-corrected chi connectivity index (χ0v) is 14.9. The van der Waals surface area contributed by atoms with Gasteiger partial charge in [0, 0.05) is 6.04 Å². The van der Waals surface area contributed by atoms with Crippen LogP contribution in [0.25, 0.3) is 11.5 Å². The first kappa shape index (κ1) is 19.0. The number of pyridine rings is 2. The Morgan fingerprint density at radius 1 is 0.931 bits per heavy atom. The van der Waals surface area contributed by atoms with Crippen molar-refractivity contribution in [2.75, 3.05) is 10.6 Å². The highest BCUT2D eigenvalue weighted by atomic mass is 19.4. The summed E-state index contributed by atoms with van der Waals surface area (Å²) < 4.78 is 52.0. The Morgan fingerprint density at radius 2 is 1.72 bits per heavy atom. The summed E-state index contributed by atoms with van der Waals surface area (Å²) >= 11 is 0. The number of rotatable bonds is 5. The molecule has 11 heteroatoms. The van der Waals surface area contributed by atoms with Crippen LogP contribution in [-0.2, 0) is 6.18 Å². The van der Waals surface area contributed by atoms with Gasteiger partial charge in [-0.1, -0.05) is 6.07 Å². The number of halogens is 4. The summed E-state index contributed by atoms with van der Waals surface area (Å²) in [6, 6.07) is 6.30. The van der Waals surface area contributed by atoms with E-state index in [1.165, 1.54) is 24.4 Å².